The molecule has 0 saturated heterocycles. The molecule has 0 aromatic carbocycles. The molecule has 0 aliphatic heterocycles. The van der Waals surface area contributed by atoms with Gasteiger partial charge in [-0.15, -0.1) is 11.3 Å². The van der Waals surface area contributed by atoms with Crippen molar-refractivity contribution in [1.29, 1.82) is 0 Å². The topological polar surface area (TPSA) is 38.1 Å². The number of carbonyl (C=O) groups excluding carboxylic acids is 1. The van der Waals surface area contributed by atoms with E-state index in [-0.39, 0.29) is 5.91 Å². The Kier molecular flexibility index (Phi) is 4.55. The van der Waals surface area contributed by atoms with Gasteiger partial charge in [-0.3, -0.25) is 9.48 Å². The number of aromatic nitrogens is 2. The first kappa shape index (κ1) is 14.0. The Morgan fingerprint density at radius 2 is 2.37 bits per heavy atom. The number of hydrogen-bond acceptors (Lipinski definition) is 3. The predicted octanol–water partition coefficient (Wildman–Crippen LogP) is 2.92. The van der Waals surface area contributed by atoms with Crippen molar-refractivity contribution in [3.05, 3.63) is 44.8 Å². The number of likely N-dealkylation sites (N-methyl/N-ethyl adjacent to an activating group) is 1. The van der Waals surface area contributed by atoms with Crippen LogP contribution in [0.4, 0.5) is 0 Å². The number of rotatable bonds is 4. The average Bonchev–Trinajstić information content (AvgIpc) is 2.95. The van der Waals surface area contributed by atoms with Gasteiger partial charge < -0.3 is 4.90 Å². The molecule has 0 aliphatic rings. The highest BCUT2D eigenvalue weighted by Gasteiger charge is 2.07. The van der Waals surface area contributed by atoms with E-state index >= 15 is 0 Å². The Morgan fingerprint density at radius 1 is 1.58 bits per heavy atom. The van der Waals surface area contributed by atoms with Crippen LogP contribution >= 0.6 is 27.3 Å². The molecule has 0 unspecified atom stereocenters. The Bertz CT molecular complexity index is 603. The first-order valence-electron chi connectivity index (χ1n) is 5.70. The number of carbonyl (C=O) groups is 1. The van der Waals surface area contributed by atoms with E-state index in [9.17, 15) is 4.79 Å². The molecule has 100 valence electrons. The largest absolute Gasteiger partial charge is 0.338 e. The summed E-state index contributed by atoms with van der Waals surface area (Å²) in [6.45, 7) is 0.561. The zero-order valence-electron chi connectivity index (χ0n) is 10.7. The summed E-state index contributed by atoms with van der Waals surface area (Å²) in [5.74, 6) is -0.0200. The van der Waals surface area contributed by atoms with Crippen molar-refractivity contribution in [1.82, 2.24) is 14.7 Å². The highest BCUT2D eigenvalue weighted by atomic mass is 79.9. The van der Waals surface area contributed by atoms with Crippen molar-refractivity contribution in [2.45, 2.75) is 6.54 Å². The molecule has 0 saturated carbocycles. The van der Waals surface area contributed by atoms with Gasteiger partial charge in [-0.1, -0.05) is 0 Å². The monoisotopic (exact) mass is 339 g/mol. The second kappa shape index (κ2) is 6.16. The van der Waals surface area contributed by atoms with Crippen molar-refractivity contribution in [2.75, 3.05) is 7.05 Å². The first-order chi connectivity index (χ1) is 9.04. The maximum Gasteiger partial charge on any atom is 0.246 e. The minimum absolute atomic E-state index is 0.0200. The van der Waals surface area contributed by atoms with Crippen molar-refractivity contribution >= 4 is 39.2 Å². The van der Waals surface area contributed by atoms with E-state index in [0.717, 1.165) is 14.2 Å². The maximum atomic E-state index is 11.9. The van der Waals surface area contributed by atoms with E-state index in [1.54, 1.807) is 40.2 Å². The lowest BCUT2D eigenvalue weighted by molar-refractivity contribution is -0.125. The number of thiophene rings is 1. The molecular formula is C13H14BrN3OS. The second-order valence-corrected chi connectivity index (χ2v) is 6.69. The van der Waals surface area contributed by atoms with Crippen LogP contribution in [0.15, 0.2) is 34.4 Å². The third kappa shape index (κ3) is 4.04. The normalized spacial score (nSPS) is 11.1. The summed E-state index contributed by atoms with van der Waals surface area (Å²) in [6.07, 6.45) is 7.10. The zero-order valence-corrected chi connectivity index (χ0v) is 13.1. The van der Waals surface area contributed by atoms with Crippen molar-refractivity contribution < 1.29 is 4.79 Å². The van der Waals surface area contributed by atoms with Gasteiger partial charge in [0.15, 0.2) is 0 Å². The fourth-order valence-electron chi connectivity index (χ4n) is 1.60. The maximum absolute atomic E-state index is 11.9. The van der Waals surface area contributed by atoms with E-state index in [4.69, 9.17) is 0 Å². The Hall–Kier alpha value is -1.40. The SMILES string of the molecule is CN(Cc1cnn(C)c1)C(=O)C=Cc1ccc(Br)s1. The minimum atomic E-state index is -0.0200. The molecule has 2 heterocycles. The molecule has 2 aromatic rings. The van der Waals surface area contributed by atoms with Crippen LogP contribution in [0.25, 0.3) is 6.08 Å². The van der Waals surface area contributed by atoms with Gasteiger partial charge in [0.1, 0.15) is 0 Å². The van der Waals surface area contributed by atoms with E-state index in [0.29, 0.717) is 6.54 Å². The Balaban J connectivity index is 1.94. The molecule has 0 aliphatic carbocycles. The number of hydrogen-bond donors (Lipinski definition) is 0. The fourth-order valence-corrected chi connectivity index (χ4v) is 2.93. The lowest BCUT2D eigenvalue weighted by atomic mass is 10.3. The van der Waals surface area contributed by atoms with Crippen LogP contribution in [-0.2, 0) is 18.4 Å². The van der Waals surface area contributed by atoms with Crippen LogP contribution < -0.4 is 0 Å². The van der Waals surface area contributed by atoms with Crippen molar-refractivity contribution in [3.8, 4) is 0 Å². The number of amides is 1. The van der Waals surface area contributed by atoms with Crippen LogP contribution in [0, 0.1) is 0 Å². The lowest BCUT2D eigenvalue weighted by Crippen LogP contribution is -2.23. The smallest absolute Gasteiger partial charge is 0.246 e. The second-order valence-electron chi connectivity index (χ2n) is 4.19. The van der Waals surface area contributed by atoms with Gasteiger partial charge in [0.2, 0.25) is 5.91 Å². The van der Waals surface area contributed by atoms with E-state index < -0.39 is 0 Å². The molecular weight excluding hydrogens is 326 g/mol. The zero-order chi connectivity index (χ0) is 13.8. The molecule has 19 heavy (non-hydrogen) atoms. The molecule has 1 amide bonds. The van der Waals surface area contributed by atoms with Crippen LogP contribution in [0.2, 0.25) is 0 Å². The third-order valence-corrected chi connectivity index (χ3v) is 4.13. The summed E-state index contributed by atoms with van der Waals surface area (Å²) in [7, 11) is 3.64. The van der Waals surface area contributed by atoms with E-state index in [1.165, 1.54) is 0 Å². The summed E-state index contributed by atoms with van der Waals surface area (Å²) in [5, 5.41) is 4.08. The molecule has 0 radical (unpaired) electrons. The molecule has 2 aromatic heterocycles. The number of nitrogens with zero attached hydrogens (tertiary/aromatic N) is 3. The summed E-state index contributed by atoms with van der Waals surface area (Å²) < 4.78 is 2.79. The quantitative estimate of drug-likeness (QED) is 0.803. The number of aryl methyl sites for hydroxylation is 1. The predicted molar refractivity (Wildman–Crippen MR) is 80.7 cm³/mol. The van der Waals surface area contributed by atoms with Crippen molar-refractivity contribution in [3.63, 3.8) is 0 Å². The Labute approximate surface area is 124 Å². The van der Waals surface area contributed by atoms with E-state index in [1.807, 2.05) is 31.5 Å². The molecule has 0 N–H and O–H groups in total. The van der Waals surface area contributed by atoms with Gasteiger partial charge in [-0.05, 0) is 34.1 Å². The Morgan fingerprint density at radius 3 is 2.95 bits per heavy atom. The molecule has 6 heteroatoms. The first-order valence-corrected chi connectivity index (χ1v) is 7.31. The average molecular weight is 340 g/mol. The van der Waals surface area contributed by atoms with Gasteiger partial charge in [0.05, 0.1) is 9.98 Å². The lowest BCUT2D eigenvalue weighted by Gasteiger charge is -2.13. The summed E-state index contributed by atoms with van der Waals surface area (Å²) in [5.41, 5.74) is 1.02. The van der Waals surface area contributed by atoms with Gasteiger partial charge in [0.25, 0.3) is 0 Å². The summed E-state index contributed by atoms with van der Waals surface area (Å²) in [6, 6.07) is 3.94. The highest BCUT2D eigenvalue weighted by Crippen LogP contribution is 2.23. The van der Waals surface area contributed by atoms with Crippen LogP contribution in [0.3, 0.4) is 0 Å². The molecule has 2 rings (SSSR count). The fraction of sp³-hybridized carbons (Fsp3) is 0.231. The van der Waals surface area contributed by atoms with Crippen molar-refractivity contribution in [2.24, 2.45) is 7.05 Å². The molecule has 0 spiro atoms. The van der Waals surface area contributed by atoms with E-state index in [2.05, 4.69) is 21.0 Å². The molecule has 0 atom stereocenters. The third-order valence-electron chi connectivity index (χ3n) is 2.54. The van der Waals surface area contributed by atoms with Gasteiger partial charge >= 0.3 is 0 Å². The molecule has 0 bridgehead atoms. The van der Waals surface area contributed by atoms with Gasteiger partial charge in [-0.25, -0.2) is 0 Å². The van der Waals surface area contributed by atoms with Gasteiger partial charge in [0, 0.05) is 43.4 Å². The van der Waals surface area contributed by atoms with Gasteiger partial charge in [-0.2, -0.15) is 5.10 Å². The minimum Gasteiger partial charge on any atom is -0.338 e. The number of halogens is 1. The summed E-state index contributed by atoms with van der Waals surface area (Å²) >= 11 is 4.99. The van der Waals surface area contributed by atoms with Crippen LogP contribution in [0.1, 0.15) is 10.4 Å². The standard InChI is InChI=1S/C13H14BrN3OS/c1-16(8-10-7-15-17(2)9-10)13(18)6-4-11-3-5-12(14)19-11/h3-7,9H,8H2,1-2H3. The summed E-state index contributed by atoms with van der Waals surface area (Å²) in [4.78, 5) is 14.7. The van der Waals surface area contributed by atoms with Crippen LogP contribution in [-0.4, -0.2) is 27.6 Å². The van der Waals surface area contributed by atoms with Crippen LogP contribution in [0.5, 0.6) is 0 Å². The molecule has 0 fully saturated rings. The highest BCUT2D eigenvalue weighted by molar-refractivity contribution is 9.11. The molecule has 4 nitrogen and oxygen atoms in total.